The molecule has 0 aromatic rings. The van der Waals surface area contributed by atoms with E-state index in [0.29, 0.717) is 6.61 Å². The SMILES string of the molecule is C=C[C@H](C)[C@H](O)[C@@H](C)[C@@H](O)[C@H]1COC(C)(C)O1. The molecule has 1 heterocycles. The molecule has 0 saturated carbocycles. The zero-order valence-electron chi connectivity index (χ0n) is 11.1. The summed E-state index contributed by atoms with van der Waals surface area (Å²) in [6, 6.07) is 0. The summed E-state index contributed by atoms with van der Waals surface area (Å²) >= 11 is 0. The molecular formula is C13H24O4. The summed E-state index contributed by atoms with van der Waals surface area (Å²) in [5.74, 6) is -0.999. The van der Waals surface area contributed by atoms with Gasteiger partial charge in [-0.2, -0.15) is 0 Å². The largest absolute Gasteiger partial charge is 0.392 e. The highest BCUT2D eigenvalue weighted by Gasteiger charge is 2.40. The number of hydrogen-bond donors (Lipinski definition) is 2. The molecule has 0 aliphatic carbocycles. The van der Waals surface area contributed by atoms with Crippen molar-refractivity contribution in [3.05, 3.63) is 12.7 Å². The minimum atomic E-state index is -0.742. The molecule has 0 unspecified atom stereocenters. The lowest BCUT2D eigenvalue weighted by molar-refractivity contribution is -0.159. The molecule has 17 heavy (non-hydrogen) atoms. The van der Waals surface area contributed by atoms with Crippen molar-refractivity contribution in [2.24, 2.45) is 11.8 Å². The van der Waals surface area contributed by atoms with E-state index in [0.717, 1.165) is 0 Å². The van der Waals surface area contributed by atoms with Crippen LogP contribution >= 0.6 is 0 Å². The van der Waals surface area contributed by atoms with E-state index in [2.05, 4.69) is 6.58 Å². The Morgan fingerprint density at radius 2 is 1.94 bits per heavy atom. The van der Waals surface area contributed by atoms with Gasteiger partial charge in [-0.05, 0) is 13.8 Å². The van der Waals surface area contributed by atoms with Crippen molar-refractivity contribution in [2.75, 3.05) is 6.61 Å². The molecule has 1 saturated heterocycles. The van der Waals surface area contributed by atoms with E-state index in [1.165, 1.54) is 0 Å². The van der Waals surface area contributed by atoms with E-state index in [1.54, 1.807) is 6.08 Å². The van der Waals surface area contributed by atoms with Crippen LogP contribution in [0.2, 0.25) is 0 Å². The summed E-state index contributed by atoms with van der Waals surface area (Å²) in [5.41, 5.74) is 0. The second kappa shape index (κ2) is 5.48. The van der Waals surface area contributed by atoms with Gasteiger partial charge in [0.25, 0.3) is 0 Å². The van der Waals surface area contributed by atoms with Gasteiger partial charge in [0.2, 0.25) is 0 Å². The first-order chi connectivity index (χ1) is 7.78. The summed E-state index contributed by atoms with van der Waals surface area (Å²) in [5, 5.41) is 20.2. The Bertz CT molecular complexity index is 264. The van der Waals surface area contributed by atoms with Crippen LogP contribution in [-0.2, 0) is 9.47 Å². The van der Waals surface area contributed by atoms with E-state index < -0.39 is 18.0 Å². The van der Waals surface area contributed by atoms with Gasteiger partial charge in [-0.3, -0.25) is 0 Å². The van der Waals surface area contributed by atoms with Crippen LogP contribution in [0.25, 0.3) is 0 Å². The lowest BCUT2D eigenvalue weighted by Gasteiger charge is -2.30. The molecule has 4 nitrogen and oxygen atoms in total. The van der Waals surface area contributed by atoms with Crippen molar-refractivity contribution in [2.45, 2.75) is 51.8 Å². The van der Waals surface area contributed by atoms with Gasteiger partial charge < -0.3 is 19.7 Å². The Morgan fingerprint density at radius 3 is 2.35 bits per heavy atom. The molecule has 1 rings (SSSR count). The van der Waals surface area contributed by atoms with E-state index in [1.807, 2.05) is 27.7 Å². The number of rotatable bonds is 5. The summed E-state index contributed by atoms with van der Waals surface area (Å²) < 4.78 is 11.0. The van der Waals surface area contributed by atoms with E-state index in [-0.39, 0.29) is 17.9 Å². The molecule has 0 spiro atoms. The van der Waals surface area contributed by atoms with E-state index >= 15 is 0 Å². The van der Waals surface area contributed by atoms with Crippen LogP contribution < -0.4 is 0 Å². The van der Waals surface area contributed by atoms with Crippen molar-refractivity contribution < 1.29 is 19.7 Å². The molecular weight excluding hydrogens is 220 g/mol. The highest BCUT2D eigenvalue weighted by atomic mass is 16.7. The maximum absolute atomic E-state index is 10.2. The average molecular weight is 244 g/mol. The fraction of sp³-hybridized carbons (Fsp3) is 0.846. The molecule has 1 fully saturated rings. The van der Waals surface area contributed by atoms with Gasteiger partial charge in [0.1, 0.15) is 6.10 Å². The number of ether oxygens (including phenoxy) is 2. The van der Waals surface area contributed by atoms with Crippen molar-refractivity contribution in [3.8, 4) is 0 Å². The van der Waals surface area contributed by atoms with Gasteiger partial charge in [0.15, 0.2) is 5.79 Å². The topological polar surface area (TPSA) is 58.9 Å². The quantitative estimate of drug-likeness (QED) is 0.716. The monoisotopic (exact) mass is 244 g/mol. The zero-order chi connectivity index (χ0) is 13.2. The van der Waals surface area contributed by atoms with Crippen LogP contribution in [0.15, 0.2) is 12.7 Å². The number of aliphatic hydroxyl groups excluding tert-OH is 2. The third-order valence-electron chi connectivity index (χ3n) is 3.40. The van der Waals surface area contributed by atoms with Crippen LogP contribution in [0.1, 0.15) is 27.7 Å². The van der Waals surface area contributed by atoms with Crippen LogP contribution in [-0.4, -0.2) is 40.9 Å². The van der Waals surface area contributed by atoms with E-state index in [9.17, 15) is 10.2 Å². The number of hydrogen-bond acceptors (Lipinski definition) is 4. The minimum Gasteiger partial charge on any atom is -0.392 e. The molecule has 2 N–H and O–H groups in total. The molecule has 0 bridgehead atoms. The van der Waals surface area contributed by atoms with Crippen LogP contribution in [0, 0.1) is 11.8 Å². The first-order valence-corrected chi connectivity index (χ1v) is 6.09. The Morgan fingerprint density at radius 1 is 1.35 bits per heavy atom. The van der Waals surface area contributed by atoms with Crippen molar-refractivity contribution in [3.63, 3.8) is 0 Å². The Hall–Kier alpha value is -0.420. The van der Waals surface area contributed by atoms with Gasteiger partial charge in [-0.25, -0.2) is 0 Å². The summed E-state index contributed by atoms with van der Waals surface area (Å²) in [7, 11) is 0. The van der Waals surface area contributed by atoms with Gasteiger partial charge in [0, 0.05) is 11.8 Å². The van der Waals surface area contributed by atoms with Crippen molar-refractivity contribution in [1.29, 1.82) is 0 Å². The standard InChI is InChI=1S/C13H24O4/c1-6-8(2)11(14)9(3)12(15)10-7-16-13(4,5)17-10/h6,8-12,14-15H,1,7H2,2-5H3/t8-,9+,10+,11-,12+/m0/s1. The molecule has 4 heteroatoms. The van der Waals surface area contributed by atoms with E-state index in [4.69, 9.17) is 9.47 Å². The molecule has 0 amide bonds. The maximum Gasteiger partial charge on any atom is 0.163 e. The predicted molar refractivity (Wildman–Crippen MR) is 65.4 cm³/mol. The molecule has 1 aliphatic heterocycles. The van der Waals surface area contributed by atoms with Crippen LogP contribution in [0.3, 0.4) is 0 Å². The third-order valence-corrected chi connectivity index (χ3v) is 3.40. The Labute approximate surface area is 103 Å². The van der Waals surface area contributed by atoms with Crippen molar-refractivity contribution in [1.82, 2.24) is 0 Å². The maximum atomic E-state index is 10.2. The van der Waals surface area contributed by atoms with Crippen LogP contribution in [0.5, 0.6) is 0 Å². The highest BCUT2D eigenvalue weighted by molar-refractivity contribution is 4.89. The summed E-state index contributed by atoms with van der Waals surface area (Å²) in [4.78, 5) is 0. The summed E-state index contributed by atoms with van der Waals surface area (Å²) in [6.45, 7) is 11.3. The number of aliphatic hydroxyl groups is 2. The summed E-state index contributed by atoms with van der Waals surface area (Å²) in [6.07, 6.45) is -0.0697. The second-order valence-corrected chi connectivity index (χ2v) is 5.30. The molecule has 0 aromatic heterocycles. The minimum absolute atomic E-state index is 0.0602. The fourth-order valence-corrected chi connectivity index (χ4v) is 2.04. The van der Waals surface area contributed by atoms with Gasteiger partial charge in [-0.1, -0.05) is 19.9 Å². The first-order valence-electron chi connectivity index (χ1n) is 6.09. The van der Waals surface area contributed by atoms with Gasteiger partial charge in [-0.15, -0.1) is 6.58 Å². The van der Waals surface area contributed by atoms with Gasteiger partial charge >= 0.3 is 0 Å². The fourth-order valence-electron chi connectivity index (χ4n) is 2.04. The zero-order valence-corrected chi connectivity index (χ0v) is 11.1. The lowest BCUT2D eigenvalue weighted by Crippen LogP contribution is -2.42. The van der Waals surface area contributed by atoms with Crippen molar-refractivity contribution >= 4 is 0 Å². The first kappa shape index (κ1) is 14.6. The Kier molecular flexibility index (Phi) is 4.72. The molecule has 1 aliphatic rings. The average Bonchev–Trinajstić information content (AvgIpc) is 2.65. The van der Waals surface area contributed by atoms with Gasteiger partial charge in [0.05, 0.1) is 18.8 Å². The smallest absolute Gasteiger partial charge is 0.163 e. The Balaban J connectivity index is 2.58. The lowest BCUT2D eigenvalue weighted by atomic mass is 9.87. The second-order valence-electron chi connectivity index (χ2n) is 5.30. The van der Waals surface area contributed by atoms with Crippen LogP contribution in [0.4, 0.5) is 0 Å². The molecule has 5 atom stereocenters. The molecule has 0 radical (unpaired) electrons. The highest BCUT2D eigenvalue weighted by Crippen LogP contribution is 2.28. The molecule has 100 valence electrons. The predicted octanol–water partition coefficient (Wildman–Crippen LogP) is 1.32. The molecule has 0 aromatic carbocycles. The third kappa shape index (κ3) is 3.52. The normalized spacial score (nSPS) is 30.6.